The lowest BCUT2D eigenvalue weighted by molar-refractivity contribution is 0.486. The molecular weight excluding hydrogens is 302 g/mol. The molecule has 0 saturated carbocycles. The second kappa shape index (κ2) is 6.20. The van der Waals surface area contributed by atoms with E-state index in [4.69, 9.17) is 8.83 Å². The quantitative estimate of drug-likeness (QED) is 0.589. The van der Waals surface area contributed by atoms with Gasteiger partial charge in [-0.1, -0.05) is 12.1 Å². The smallest absolute Gasteiger partial charge is 0.198 e. The molecule has 3 heterocycles. The summed E-state index contributed by atoms with van der Waals surface area (Å²) in [4.78, 5) is 9.22. The van der Waals surface area contributed by atoms with Crippen LogP contribution in [0.15, 0.2) is 63.6 Å². The summed E-state index contributed by atoms with van der Waals surface area (Å²) in [6.07, 6.45) is 2.42. The maximum Gasteiger partial charge on any atom is 0.198 e. The second-order valence-corrected chi connectivity index (χ2v) is 5.58. The zero-order chi connectivity index (χ0) is 16.4. The monoisotopic (exact) mass is 319 g/mol. The Morgan fingerprint density at radius 3 is 2.71 bits per heavy atom. The van der Waals surface area contributed by atoms with Crippen molar-refractivity contribution in [1.82, 2.24) is 9.97 Å². The van der Waals surface area contributed by atoms with E-state index >= 15 is 0 Å². The Balaban J connectivity index is 1.63. The predicted molar refractivity (Wildman–Crippen MR) is 92.9 cm³/mol. The summed E-state index contributed by atoms with van der Waals surface area (Å²) in [5.74, 6) is 3.93. The molecule has 5 heteroatoms. The van der Waals surface area contributed by atoms with Crippen LogP contribution >= 0.6 is 0 Å². The van der Waals surface area contributed by atoms with E-state index in [9.17, 15) is 0 Å². The minimum Gasteiger partial charge on any atom is -0.466 e. The number of aromatic nitrogens is 2. The van der Waals surface area contributed by atoms with E-state index in [1.807, 2.05) is 55.5 Å². The fraction of sp³-hybridized carbons (Fsp3) is 0.158. The average molecular weight is 319 g/mol. The van der Waals surface area contributed by atoms with E-state index in [1.165, 1.54) is 0 Å². The maximum absolute atomic E-state index is 5.60. The lowest BCUT2D eigenvalue weighted by Crippen LogP contribution is -2.07. The van der Waals surface area contributed by atoms with Crippen molar-refractivity contribution in [3.8, 4) is 11.6 Å². The van der Waals surface area contributed by atoms with Gasteiger partial charge in [0, 0.05) is 18.4 Å². The molecule has 4 rings (SSSR count). The first-order valence-corrected chi connectivity index (χ1v) is 7.89. The van der Waals surface area contributed by atoms with Crippen LogP contribution in [0.1, 0.15) is 11.5 Å². The molecule has 120 valence electrons. The predicted octanol–water partition coefficient (Wildman–Crippen LogP) is 4.45. The number of furan rings is 2. The summed E-state index contributed by atoms with van der Waals surface area (Å²) >= 11 is 0. The summed E-state index contributed by atoms with van der Waals surface area (Å²) in [6.45, 7) is 2.68. The Bertz CT molecular complexity index is 958. The van der Waals surface area contributed by atoms with E-state index in [0.717, 1.165) is 41.2 Å². The largest absolute Gasteiger partial charge is 0.466 e. The first kappa shape index (κ1) is 14.5. The molecule has 1 N–H and O–H groups in total. The van der Waals surface area contributed by atoms with Gasteiger partial charge in [-0.3, -0.25) is 0 Å². The Morgan fingerprint density at radius 2 is 1.92 bits per heavy atom. The van der Waals surface area contributed by atoms with Crippen molar-refractivity contribution >= 4 is 16.7 Å². The molecule has 5 nitrogen and oxygen atoms in total. The highest BCUT2D eigenvalue weighted by atomic mass is 16.3. The molecule has 0 unspecified atom stereocenters. The molecular formula is C19H17N3O2. The number of nitrogens with one attached hydrogen (secondary N) is 1. The van der Waals surface area contributed by atoms with Crippen LogP contribution in [-0.4, -0.2) is 16.5 Å². The third kappa shape index (κ3) is 2.88. The average Bonchev–Trinajstić information content (AvgIpc) is 3.26. The van der Waals surface area contributed by atoms with E-state index in [1.54, 1.807) is 6.26 Å². The fourth-order valence-corrected chi connectivity index (χ4v) is 2.65. The van der Waals surface area contributed by atoms with Crippen molar-refractivity contribution < 1.29 is 8.83 Å². The number of para-hydroxylation sites is 1. The maximum atomic E-state index is 5.60. The summed E-state index contributed by atoms with van der Waals surface area (Å²) < 4.78 is 11.0. The summed E-state index contributed by atoms with van der Waals surface area (Å²) in [7, 11) is 0. The molecule has 4 aromatic rings. The molecule has 0 saturated heterocycles. The van der Waals surface area contributed by atoms with Gasteiger partial charge >= 0.3 is 0 Å². The van der Waals surface area contributed by atoms with Crippen LogP contribution in [0.2, 0.25) is 0 Å². The van der Waals surface area contributed by atoms with Gasteiger partial charge in [0.05, 0.1) is 11.8 Å². The zero-order valence-corrected chi connectivity index (χ0v) is 13.3. The molecule has 0 bridgehead atoms. The number of benzene rings is 1. The fourth-order valence-electron chi connectivity index (χ4n) is 2.65. The van der Waals surface area contributed by atoms with Gasteiger partial charge in [-0.15, -0.1) is 0 Å². The molecule has 24 heavy (non-hydrogen) atoms. The zero-order valence-electron chi connectivity index (χ0n) is 13.3. The van der Waals surface area contributed by atoms with Gasteiger partial charge in [-0.2, -0.15) is 0 Å². The van der Waals surface area contributed by atoms with Gasteiger partial charge in [0.1, 0.15) is 17.3 Å². The van der Waals surface area contributed by atoms with Gasteiger partial charge in [0.25, 0.3) is 0 Å². The Morgan fingerprint density at radius 1 is 1.00 bits per heavy atom. The number of hydrogen-bond acceptors (Lipinski definition) is 5. The summed E-state index contributed by atoms with van der Waals surface area (Å²) in [5.41, 5.74) is 0.884. The number of fused-ring (bicyclic) bond motifs is 1. The Labute approximate surface area is 139 Å². The van der Waals surface area contributed by atoms with Crippen molar-refractivity contribution in [2.45, 2.75) is 13.3 Å². The van der Waals surface area contributed by atoms with E-state index in [2.05, 4.69) is 15.3 Å². The lowest BCUT2D eigenvalue weighted by Gasteiger charge is -2.09. The standard InChI is InChI=1S/C19H17N3O2/c1-13-8-9-14(24-13)10-11-20-18-15-5-2-3-6-16(15)21-19(22-18)17-7-4-12-23-17/h2-9,12H,10-11H2,1H3,(H,20,21,22). The second-order valence-electron chi connectivity index (χ2n) is 5.58. The molecule has 0 aliphatic carbocycles. The van der Waals surface area contributed by atoms with Gasteiger partial charge in [-0.25, -0.2) is 9.97 Å². The van der Waals surface area contributed by atoms with Gasteiger partial charge in [-0.05, 0) is 43.3 Å². The third-order valence-corrected chi connectivity index (χ3v) is 3.80. The first-order valence-electron chi connectivity index (χ1n) is 7.89. The molecule has 0 aliphatic rings. The Kier molecular flexibility index (Phi) is 3.75. The number of hydrogen-bond donors (Lipinski definition) is 1. The SMILES string of the molecule is Cc1ccc(CCNc2nc(-c3ccco3)nc3ccccc23)o1. The third-order valence-electron chi connectivity index (χ3n) is 3.80. The molecule has 3 aromatic heterocycles. The van der Waals surface area contributed by atoms with Crippen molar-refractivity contribution in [3.63, 3.8) is 0 Å². The number of rotatable bonds is 5. The molecule has 0 radical (unpaired) electrons. The molecule has 0 spiro atoms. The highest BCUT2D eigenvalue weighted by molar-refractivity contribution is 5.90. The summed E-state index contributed by atoms with van der Waals surface area (Å²) in [5, 5.41) is 4.38. The molecule has 1 aromatic carbocycles. The number of aryl methyl sites for hydroxylation is 1. The van der Waals surface area contributed by atoms with Gasteiger partial charge in [0.2, 0.25) is 0 Å². The number of anilines is 1. The highest BCUT2D eigenvalue weighted by Gasteiger charge is 2.11. The Hall–Kier alpha value is -3.08. The van der Waals surface area contributed by atoms with E-state index in [-0.39, 0.29) is 0 Å². The highest BCUT2D eigenvalue weighted by Crippen LogP contribution is 2.25. The van der Waals surface area contributed by atoms with Crippen LogP contribution in [-0.2, 0) is 6.42 Å². The van der Waals surface area contributed by atoms with E-state index in [0.29, 0.717) is 11.6 Å². The molecule has 0 fully saturated rings. The molecule has 0 amide bonds. The van der Waals surface area contributed by atoms with Crippen LogP contribution < -0.4 is 5.32 Å². The molecule has 0 aliphatic heterocycles. The topological polar surface area (TPSA) is 64.1 Å². The normalized spacial score (nSPS) is 11.0. The van der Waals surface area contributed by atoms with E-state index < -0.39 is 0 Å². The minimum atomic E-state index is 0.579. The van der Waals surface area contributed by atoms with Crippen molar-refractivity contribution in [3.05, 3.63) is 66.3 Å². The van der Waals surface area contributed by atoms with Gasteiger partial charge in [0.15, 0.2) is 11.6 Å². The van der Waals surface area contributed by atoms with Crippen LogP contribution in [0.3, 0.4) is 0 Å². The first-order chi connectivity index (χ1) is 11.8. The number of nitrogens with zero attached hydrogens (tertiary/aromatic N) is 2. The van der Waals surface area contributed by atoms with Crippen molar-refractivity contribution in [2.24, 2.45) is 0 Å². The van der Waals surface area contributed by atoms with Crippen LogP contribution in [0.4, 0.5) is 5.82 Å². The minimum absolute atomic E-state index is 0.579. The van der Waals surface area contributed by atoms with Crippen LogP contribution in [0.25, 0.3) is 22.5 Å². The molecule has 0 atom stereocenters. The van der Waals surface area contributed by atoms with Gasteiger partial charge < -0.3 is 14.2 Å². The van der Waals surface area contributed by atoms with Crippen molar-refractivity contribution in [2.75, 3.05) is 11.9 Å². The van der Waals surface area contributed by atoms with Crippen LogP contribution in [0.5, 0.6) is 0 Å². The van der Waals surface area contributed by atoms with Crippen molar-refractivity contribution in [1.29, 1.82) is 0 Å². The van der Waals surface area contributed by atoms with Crippen LogP contribution in [0, 0.1) is 6.92 Å². The summed E-state index contributed by atoms with van der Waals surface area (Å²) in [6, 6.07) is 15.6. The lowest BCUT2D eigenvalue weighted by atomic mass is 10.2.